The van der Waals surface area contributed by atoms with E-state index in [1.165, 1.54) is 6.20 Å². The van der Waals surface area contributed by atoms with E-state index < -0.39 is 12.0 Å². The largest absolute Gasteiger partial charge is 0.371 e. The lowest BCUT2D eigenvalue weighted by Gasteiger charge is -2.41. The van der Waals surface area contributed by atoms with E-state index in [1.54, 1.807) is 0 Å². The number of benzene rings is 1. The molecule has 1 atom stereocenters. The summed E-state index contributed by atoms with van der Waals surface area (Å²) >= 11 is 0. The van der Waals surface area contributed by atoms with Crippen LogP contribution in [-0.4, -0.2) is 66.6 Å². The third-order valence-electron chi connectivity index (χ3n) is 7.05. The first-order chi connectivity index (χ1) is 15.1. The van der Waals surface area contributed by atoms with Crippen LogP contribution in [0.4, 0.5) is 15.8 Å². The van der Waals surface area contributed by atoms with E-state index >= 15 is 0 Å². The number of primary amides is 1. The highest BCUT2D eigenvalue weighted by Gasteiger charge is 2.29. The number of halogens is 1. The Hall–Kier alpha value is -2.74. The van der Waals surface area contributed by atoms with Gasteiger partial charge in [0.1, 0.15) is 5.69 Å². The fraction of sp³-hybridized carbons (Fsp3) is 0.542. The molecular weight excluding hydrogens is 407 g/mol. The lowest BCUT2D eigenvalue weighted by molar-refractivity contribution is 0.0994. The standard InChI is InChI=1S/C24H33FN6O/c1-16-15-31(12-11-29(16)4)17-5-6-18(19-14-27-23(25)28-21(19)22(26)32)20(13-17)30-9-7-24(2,3)8-10-30/h5-6,13-14,16H,7-12,15H2,1-4H3,(H2,26,32). The molecule has 2 N–H and O–H groups in total. The van der Waals surface area contributed by atoms with Gasteiger partial charge in [-0.2, -0.15) is 9.37 Å². The summed E-state index contributed by atoms with van der Waals surface area (Å²) in [7, 11) is 2.16. The summed E-state index contributed by atoms with van der Waals surface area (Å²) in [4.78, 5) is 26.6. The maximum Gasteiger partial charge on any atom is 0.309 e. The quantitative estimate of drug-likeness (QED) is 0.736. The van der Waals surface area contributed by atoms with Gasteiger partial charge in [0.05, 0.1) is 0 Å². The molecule has 0 spiro atoms. The zero-order valence-corrected chi connectivity index (χ0v) is 19.4. The lowest BCUT2D eigenvalue weighted by atomic mass is 9.82. The van der Waals surface area contributed by atoms with Crippen LogP contribution >= 0.6 is 0 Å². The van der Waals surface area contributed by atoms with Gasteiger partial charge in [0, 0.05) is 67.5 Å². The van der Waals surface area contributed by atoms with Gasteiger partial charge < -0.3 is 20.4 Å². The predicted molar refractivity (Wildman–Crippen MR) is 125 cm³/mol. The number of nitrogens with zero attached hydrogens (tertiary/aromatic N) is 5. The van der Waals surface area contributed by atoms with Gasteiger partial charge >= 0.3 is 6.08 Å². The first-order valence-corrected chi connectivity index (χ1v) is 11.3. The number of piperazine rings is 1. The van der Waals surface area contributed by atoms with Gasteiger partial charge in [0.25, 0.3) is 5.91 Å². The molecule has 8 heteroatoms. The van der Waals surface area contributed by atoms with Gasteiger partial charge in [-0.05, 0) is 44.4 Å². The topological polar surface area (TPSA) is 78.6 Å². The zero-order chi connectivity index (χ0) is 23.0. The van der Waals surface area contributed by atoms with Crippen LogP contribution in [0.5, 0.6) is 0 Å². The minimum atomic E-state index is -0.952. The molecule has 1 amide bonds. The van der Waals surface area contributed by atoms with Crippen LogP contribution in [0.1, 0.15) is 44.1 Å². The van der Waals surface area contributed by atoms with Crippen LogP contribution < -0.4 is 15.5 Å². The molecule has 2 aliphatic heterocycles. The van der Waals surface area contributed by atoms with Crippen LogP contribution in [0.15, 0.2) is 24.4 Å². The number of hydrogen-bond donors (Lipinski definition) is 1. The molecule has 32 heavy (non-hydrogen) atoms. The normalized spacial score (nSPS) is 21.6. The third kappa shape index (κ3) is 4.55. The van der Waals surface area contributed by atoms with Crippen molar-refractivity contribution >= 4 is 17.3 Å². The number of likely N-dealkylation sites (N-methyl/N-ethyl adjacent to an activating group) is 1. The average molecular weight is 441 g/mol. The molecule has 0 bridgehead atoms. The highest BCUT2D eigenvalue weighted by atomic mass is 19.1. The van der Waals surface area contributed by atoms with E-state index in [2.05, 4.69) is 64.6 Å². The minimum absolute atomic E-state index is 0.0861. The van der Waals surface area contributed by atoms with Crippen molar-refractivity contribution < 1.29 is 9.18 Å². The SMILES string of the molecule is CC1CN(c2ccc(-c3cnc(F)nc3C(N)=O)c(N3CCC(C)(C)CC3)c2)CCN1C. The van der Waals surface area contributed by atoms with Crippen molar-refractivity contribution in [3.8, 4) is 11.1 Å². The van der Waals surface area contributed by atoms with Gasteiger partial charge in [-0.1, -0.05) is 19.9 Å². The molecule has 2 aromatic rings. The number of carbonyl (C=O) groups is 1. The molecule has 2 fully saturated rings. The van der Waals surface area contributed by atoms with Crippen LogP contribution in [0.2, 0.25) is 0 Å². The zero-order valence-electron chi connectivity index (χ0n) is 19.4. The van der Waals surface area contributed by atoms with Gasteiger partial charge in [-0.15, -0.1) is 0 Å². The molecule has 2 saturated heterocycles. The summed E-state index contributed by atoms with van der Waals surface area (Å²) in [6.07, 6.45) is 2.56. The molecule has 0 radical (unpaired) electrons. The Morgan fingerprint density at radius 1 is 1.12 bits per heavy atom. The Bertz CT molecular complexity index is 1000. The summed E-state index contributed by atoms with van der Waals surface area (Å²) in [6, 6.07) is 6.73. The average Bonchev–Trinajstić information content (AvgIpc) is 2.75. The number of aromatic nitrogens is 2. The van der Waals surface area contributed by atoms with Crippen LogP contribution in [0.3, 0.4) is 0 Å². The van der Waals surface area contributed by atoms with E-state index in [9.17, 15) is 9.18 Å². The Morgan fingerprint density at radius 2 is 1.84 bits per heavy atom. The molecule has 1 aromatic heterocycles. The number of hydrogen-bond acceptors (Lipinski definition) is 6. The first-order valence-electron chi connectivity index (χ1n) is 11.3. The smallest absolute Gasteiger partial charge is 0.309 e. The van der Waals surface area contributed by atoms with E-state index in [1.807, 2.05) is 6.07 Å². The molecular formula is C24H33FN6O. The Morgan fingerprint density at radius 3 is 2.50 bits per heavy atom. The highest BCUT2D eigenvalue weighted by Crippen LogP contribution is 2.39. The number of anilines is 2. The Balaban J connectivity index is 1.77. The second kappa shape index (κ2) is 8.65. The number of piperidine rings is 1. The van der Waals surface area contributed by atoms with Gasteiger partial charge in [0.2, 0.25) is 0 Å². The lowest BCUT2D eigenvalue weighted by Crippen LogP contribution is -2.50. The minimum Gasteiger partial charge on any atom is -0.371 e. The highest BCUT2D eigenvalue weighted by molar-refractivity contribution is 5.99. The number of nitrogens with two attached hydrogens (primary N) is 1. The fourth-order valence-corrected chi connectivity index (χ4v) is 4.59. The van der Waals surface area contributed by atoms with Crippen LogP contribution in [0.25, 0.3) is 11.1 Å². The van der Waals surface area contributed by atoms with Crippen molar-refractivity contribution in [3.63, 3.8) is 0 Å². The van der Waals surface area contributed by atoms with Gasteiger partial charge in [-0.25, -0.2) is 4.98 Å². The van der Waals surface area contributed by atoms with Gasteiger partial charge in [-0.3, -0.25) is 4.79 Å². The van der Waals surface area contributed by atoms with E-state index in [4.69, 9.17) is 5.73 Å². The predicted octanol–water partition coefficient (Wildman–Crippen LogP) is 3.15. The first kappa shape index (κ1) is 22.5. The van der Waals surface area contributed by atoms with E-state index in [0.29, 0.717) is 17.0 Å². The molecule has 4 rings (SSSR count). The van der Waals surface area contributed by atoms with Crippen molar-refractivity contribution in [2.24, 2.45) is 11.1 Å². The molecule has 0 aliphatic carbocycles. The maximum absolute atomic E-state index is 13.7. The monoisotopic (exact) mass is 440 g/mol. The number of amides is 1. The summed E-state index contributed by atoms with van der Waals surface area (Å²) < 4.78 is 13.7. The molecule has 172 valence electrons. The number of carbonyl (C=O) groups excluding carboxylic acids is 1. The summed E-state index contributed by atoms with van der Waals surface area (Å²) in [6.45, 7) is 11.6. The molecule has 1 unspecified atom stereocenters. The number of rotatable bonds is 4. The molecule has 7 nitrogen and oxygen atoms in total. The van der Waals surface area contributed by atoms with E-state index in [0.717, 1.165) is 62.5 Å². The Labute approximate surface area is 189 Å². The Kier molecular flexibility index (Phi) is 6.07. The van der Waals surface area contributed by atoms with Crippen molar-refractivity contribution in [3.05, 3.63) is 36.2 Å². The van der Waals surface area contributed by atoms with Crippen LogP contribution in [0, 0.1) is 11.5 Å². The maximum atomic E-state index is 13.7. The fourth-order valence-electron chi connectivity index (χ4n) is 4.59. The van der Waals surface area contributed by atoms with Crippen LogP contribution in [-0.2, 0) is 0 Å². The van der Waals surface area contributed by atoms with Crippen molar-refractivity contribution in [1.29, 1.82) is 0 Å². The third-order valence-corrected chi connectivity index (χ3v) is 7.05. The molecule has 0 saturated carbocycles. The summed E-state index contributed by atoms with van der Waals surface area (Å²) in [5, 5.41) is 0. The second-order valence-corrected chi connectivity index (χ2v) is 9.89. The van der Waals surface area contributed by atoms with Crippen molar-refractivity contribution in [2.75, 3.05) is 49.6 Å². The van der Waals surface area contributed by atoms with Crippen molar-refractivity contribution in [2.45, 2.75) is 39.7 Å². The van der Waals surface area contributed by atoms with E-state index in [-0.39, 0.29) is 5.69 Å². The summed E-state index contributed by atoms with van der Waals surface area (Å²) in [5.41, 5.74) is 9.20. The molecule has 2 aliphatic rings. The van der Waals surface area contributed by atoms with Crippen molar-refractivity contribution in [1.82, 2.24) is 14.9 Å². The molecule has 3 heterocycles. The molecule has 1 aromatic carbocycles. The van der Waals surface area contributed by atoms with Gasteiger partial charge in [0.15, 0.2) is 0 Å². The second-order valence-electron chi connectivity index (χ2n) is 9.89. The summed E-state index contributed by atoms with van der Waals surface area (Å²) in [5.74, 6) is -0.760.